The molecule has 26 heavy (non-hydrogen) atoms. The Kier molecular flexibility index (Phi) is 7.68. The number of hydrogen-bond donors (Lipinski definition) is 1. The molecular weight excluding hydrogens is 320 g/mol. The molecule has 1 aliphatic heterocycles. The molecule has 1 fully saturated rings. The number of likely N-dealkylation sites (tertiary alicyclic amines) is 1. The van der Waals surface area contributed by atoms with Crippen molar-refractivity contribution in [3.8, 4) is 0 Å². The van der Waals surface area contributed by atoms with E-state index in [0.29, 0.717) is 0 Å². The first kappa shape index (κ1) is 19.1. The van der Waals surface area contributed by atoms with E-state index in [2.05, 4.69) is 64.4 Å². The number of aliphatic hydroxyl groups is 1. The Morgan fingerprint density at radius 3 is 2.27 bits per heavy atom. The fourth-order valence-corrected chi connectivity index (χ4v) is 3.81. The summed E-state index contributed by atoms with van der Waals surface area (Å²) in [6.07, 6.45) is 4.88. The maximum atomic E-state index is 9.24. The molecule has 0 amide bonds. The zero-order valence-electron chi connectivity index (χ0n) is 15.8. The minimum Gasteiger partial charge on any atom is -0.396 e. The van der Waals surface area contributed by atoms with Gasteiger partial charge in [0.15, 0.2) is 0 Å². The highest BCUT2D eigenvalue weighted by atomic mass is 16.3. The number of piperidine rings is 1. The number of rotatable bonds is 9. The van der Waals surface area contributed by atoms with Gasteiger partial charge in [-0.05, 0) is 49.0 Å². The Balaban J connectivity index is 1.62. The van der Waals surface area contributed by atoms with E-state index in [1.165, 1.54) is 49.0 Å². The van der Waals surface area contributed by atoms with Gasteiger partial charge in [0, 0.05) is 32.8 Å². The Bertz CT molecular complexity index is 638. The van der Waals surface area contributed by atoms with Gasteiger partial charge in [-0.1, -0.05) is 61.0 Å². The summed E-state index contributed by atoms with van der Waals surface area (Å²) < 4.78 is 0. The molecule has 3 rings (SSSR count). The van der Waals surface area contributed by atoms with Gasteiger partial charge in [0.05, 0.1) is 0 Å². The van der Waals surface area contributed by atoms with E-state index in [1.807, 2.05) is 0 Å². The predicted molar refractivity (Wildman–Crippen MR) is 108 cm³/mol. The van der Waals surface area contributed by atoms with Crippen molar-refractivity contribution in [3.05, 3.63) is 71.3 Å². The third kappa shape index (κ3) is 6.24. The van der Waals surface area contributed by atoms with E-state index in [1.54, 1.807) is 0 Å². The van der Waals surface area contributed by atoms with Crippen LogP contribution in [0.25, 0.3) is 0 Å². The van der Waals surface area contributed by atoms with Crippen LogP contribution in [-0.4, -0.2) is 41.1 Å². The lowest BCUT2D eigenvalue weighted by atomic mass is 10.1. The summed E-state index contributed by atoms with van der Waals surface area (Å²) in [5.41, 5.74) is 4.12. The highest BCUT2D eigenvalue weighted by Gasteiger charge is 2.11. The summed E-state index contributed by atoms with van der Waals surface area (Å²) >= 11 is 0. The quantitative estimate of drug-likeness (QED) is 0.737. The van der Waals surface area contributed by atoms with Crippen molar-refractivity contribution in [1.82, 2.24) is 9.80 Å². The van der Waals surface area contributed by atoms with Crippen LogP contribution in [0.4, 0.5) is 0 Å². The minimum absolute atomic E-state index is 0.250. The monoisotopic (exact) mass is 352 g/mol. The molecule has 0 unspecified atom stereocenters. The second kappa shape index (κ2) is 10.5. The molecule has 0 aromatic heterocycles. The zero-order valence-corrected chi connectivity index (χ0v) is 15.8. The molecule has 0 aliphatic carbocycles. The Hall–Kier alpha value is -1.68. The van der Waals surface area contributed by atoms with Gasteiger partial charge in [-0.2, -0.15) is 0 Å². The molecule has 0 bridgehead atoms. The van der Waals surface area contributed by atoms with Crippen LogP contribution < -0.4 is 0 Å². The molecule has 1 saturated heterocycles. The fraction of sp³-hybridized carbons (Fsp3) is 0.478. The molecule has 0 atom stereocenters. The van der Waals surface area contributed by atoms with E-state index in [0.717, 1.165) is 32.6 Å². The van der Waals surface area contributed by atoms with Crippen LogP contribution in [0.1, 0.15) is 42.4 Å². The third-order valence-corrected chi connectivity index (χ3v) is 5.13. The Labute approximate surface area is 158 Å². The molecule has 0 spiro atoms. The van der Waals surface area contributed by atoms with Crippen molar-refractivity contribution in [2.45, 2.75) is 45.3 Å². The number of hydrogen-bond acceptors (Lipinski definition) is 3. The van der Waals surface area contributed by atoms with Gasteiger partial charge < -0.3 is 5.11 Å². The summed E-state index contributed by atoms with van der Waals surface area (Å²) in [5.74, 6) is 0. The van der Waals surface area contributed by atoms with E-state index in [4.69, 9.17) is 0 Å². The SMILES string of the molecule is OCCCN(Cc1ccccc1)Cc1cccc(CN2CCCCC2)c1. The van der Waals surface area contributed by atoms with Crippen LogP contribution >= 0.6 is 0 Å². The molecule has 0 saturated carbocycles. The van der Waals surface area contributed by atoms with Crippen LogP contribution in [0.2, 0.25) is 0 Å². The van der Waals surface area contributed by atoms with Crippen LogP contribution in [0.3, 0.4) is 0 Å². The second-order valence-corrected chi connectivity index (χ2v) is 7.43. The summed E-state index contributed by atoms with van der Waals surface area (Å²) in [6, 6.07) is 19.7. The second-order valence-electron chi connectivity index (χ2n) is 7.43. The number of benzene rings is 2. The van der Waals surface area contributed by atoms with Gasteiger partial charge in [-0.25, -0.2) is 0 Å². The van der Waals surface area contributed by atoms with E-state index < -0.39 is 0 Å². The van der Waals surface area contributed by atoms with Crippen molar-refractivity contribution in [3.63, 3.8) is 0 Å². The van der Waals surface area contributed by atoms with Gasteiger partial charge >= 0.3 is 0 Å². The van der Waals surface area contributed by atoms with Gasteiger partial charge in [0.1, 0.15) is 0 Å². The van der Waals surface area contributed by atoms with E-state index in [9.17, 15) is 5.11 Å². The lowest BCUT2D eigenvalue weighted by Crippen LogP contribution is -2.29. The van der Waals surface area contributed by atoms with Gasteiger partial charge in [-0.3, -0.25) is 9.80 Å². The number of aliphatic hydroxyl groups excluding tert-OH is 1. The molecule has 3 nitrogen and oxygen atoms in total. The molecule has 3 heteroatoms. The first-order valence-corrected chi connectivity index (χ1v) is 10.0. The van der Waals surface area contributed by atoms with Gasteiger partial charge in [0.25, 0.3) is 0 Å². The maximum absolute atomic E-state index is 9.24. The van der Waals surface area contributed by atoms with Crippen molar-refractivity contribution >= 4 is 0 Å². The lowest BCUT2D eigenvalue weighted by Gasteiger charge is -2.27. The van der Waals surface area contributed by atoms with Crippen molar-refractivity contribution in [2.75, 3.05) is 26.2 Å². The standard InChI is InChI=1S/C23H32N2O/c26-16-8-15-25(18-21-9-3-1-4-10-21)20-23-12-7-11-22(17-23)19-24-13-5-2-6-14-24/h1,3-4,7,9-12,17,26H,2,5-6,8,13-16,18-20H2. The molecule has 2 aromatic carbocycles. The molecule has 2 aromatic rings. The topological polar surface area (TPSA) is 26.7 Å². The highest BCUT2D eigenvalue weighted by molar-refractivity contribution is 5.24. The zero-order chi connectivity index (χ0) is 18.0. The smallest absolute Gasteiger partial charge is 0.0443 e. The minimum atomic E-state index is 0.250. The summed E-state index contributed by atoms with van der Waals surface area (Å²) in [5, 5.41) is 9.24. The Morgan fingerprint density at radius 2 is 1.50 bits per heavy atom. The molecular formula is C23H32N2O. The van der Waals surface area contributed by atoms with Crippen molar-refractivity contribution < 1.29 is 5.11 Å². The summed E-state index contributed by atoms with van der Waals surface area (Å²) in [4.78, 5) is 5.02. The largest absolute Gasteiger partial charge is 0.396 e. The third-order valence-electron chi connectivity index (χ3n) is 5.13. The van der Waals surface area contributed by atoms with Gasteiger partial charge in [0.2, 0.25) is 0 Å². The normalized spacial score (nSPS) is 15.5. The van der Waals surface area contributed by atoms with E-state index >= 15 is 0 Å². The van der Waals surface area contributed by atoms with Crippen LogP contribution in [-0.2, 0) is 19.6 Å². The highest BCUT2D eigenvalue weighted by Crippen LogP contribution is 2.16. The average Bonchev–Trinajstić information content (AvgIpc) is 2.68. The van der Waals surface area contributed by atoms with Crippen LogP contribution in [0, 0.1) is 0 Å². The van der Waals surface area contributed by atoms with Crippen molar-refractivity contribution in [2.24, 2.45) is 0 Å². The van der Waals surface area contributed by atoms with Crippen LogP contribution in [0.5, 0.6) is 0 Å². The molecule has 140 valence electrons. The van der Waals surface area contributed by atoms with Crippen LogP contribution in [0.15, 0.2) is 54.6 Å². The first-order valence-electron chi connectivity index (χ1n) is 10.0. The molecule has 0 radical (unpaired) electrons. The first-order chi connectivity index (χ1) is 12.8. The summed E-state index contributed by atoms with van der Waals surface area (Å²) in [6.45, 7) is 6.58. The molecule has 1 heterocycles. The maximum Gasteiger partial charge on any atom is 0.0443 e. The van der Waals surface area contributed by atoms with E-state index in [-0.39, 0.29) is 6.61 Å². The number of nitrogens with zero attached hydrogens (tertiary/aromatic N) is 2. The lowest BCUT2D eigenvalue weighted by molar-refractivity contribution is 0.212. The predicted octanol–water partition coefficient (Wildman–Crippen LogP) is 4.06. The molecule has 1 aliphatic rings. The van der Waals surface area contributed by atoms with Crippen molar-refractivity contribution in [1.29, 1.82) is 0 Å². The average molecular weight is 353 g/mol. The fourth-order valence-electron chi connectivity index (χ4n) is 3.81. The Morgan fingerprint density at radius 1 is 0.808 bits per heavy atom. The van der Waals surface area contributed by atoms with Gasteiger partial charge in [-0.15, -0.1) is 0 Å². The summed E-state index contributed by atoms with van der Waals surface area (Å²) in [7, 11) is 0. The molecule has 1 N–H and O–H groups in total.